The Balaban J connectivity index is 1.90. The summed E-state index contributed by atoms with van der Waals surface area (Å²) in [4.78, 5) is 8.09. The molecule has 2 N–H and O–H groups in total. The number of anilines is 1. The van der Waals surface area contributed by atoms with Gasteiger partial charge < -0.3 is 14.8 Å². The van der Waals surface area contributed by atoms with E-state index in [1.54, 1.807) is 0 Å². The Bertz CT molecular complexity index is 624. The lowest BCUT2D eigenvalue weighted by Gasteiger charge is -2.31. The van der Waals surface area contributed by atoms with Crippen LogP contribution in [0.5, 0.6) is 0 Å². The minimum absolute atomic E-state index is 0.148. The molecule has 0 aliphatic carbocycles. The summed E-state index contributed by atoms with van der Waals surface area (Å²) in [6.07, 6.45) is 3.71. The lowest BCUT2D eigenvalue weighted by molar-refractivity contribution is 0.145. The van der Waals surface area contributed by atoms with E-state index in [-0.39, 0.29) is 12.1 Å². The van der Waals surface area contributed by atoms with Crippen molar-refractivity contribution in [2.75, 3.05) is 18.0 Å². The third-order valence-corrected chi connectivity index (χ3v) is 4.45. The molecule has 0 radical (unpaired) electrons. The first kappa shape index (κ1) is 16.1. The van der Waals surface area contributed by atoms with Crippen LogP contribution in [0.1, 0.15) is 39.2 Å². The molecule has 1 unspecified atom stereocenters. The number of piperidine rings is 1. The van der Waals surface area contributed by atoms with Crippen molar-refractivity contribution in [3.8, 4) is 0 Å². The molecule has 1 aromatic carbocycles. The molecule has 2 aliphatic heterocycles. The predicted octanol–water partition coefficient (Wildman–Crippen LogP) is 3.25. The molecular formula is C19H26N2O2. The Morgan fingerprint density at radius 2 is 2.04 bits per heavy atom. The van der Waals surface area contributed by atoms with E-state index in [1.165, 1.54) is 16.8 Å². The van der Waals surface area contributed by atoms with Crippen molar-refractivity contribution < 1.29 is 9.94 Å². The standard InChI is InChI=1S/C19H26N2O2/c1-13(2)11-18-14(3)20-23-19(18)15-5-4-6-16(12-15)21-9-7-17(22)8-10-21/h4-6,11-12,14,17,20,22H,7-10H2,1-3H3. The van der Waals surface area contributed by atoms with Gasteiger partial charge in [0.1, 0.15) is 0 Å². The van der Waals surface area contributed by atoms with Gasteiger partial charge in [0.05, 0.1) is 12.1 Å². The monoisotopic (exact) mass is 314 g/mol. The van der Waals surface area contributed by atoms with Crippen LogP contribution in [-0.4, -0.2) is 30.3 Å². The number of nitrogens with one attached hydrogen (secondary N) is 1. The molecule has 0 bridgehead atoms. The van der Waals surface area contributed by atoms with Gasteiger partial charge in [-0.2, -0.15) is 0 Å². The van der Waals surface area contributed by atoms with Crippen LogP contribution in [0.2, 0.25) is 0 Å². The van der Waals surface area contributed by atoms with Gasteiger partial charge in [-0.05, 0) is 45.7 Å². The number of hydrogen-bond acceptors (Lipinski definition) is 4. The van der Waals surface area contributed by atoms with Crippen molar-refractivity contribution in [1.82, 2.24) is 5.48 Å². The number of aliphatic hydroxyl groups is 1. The van der Waals surface area contributed by atoms with E-state index in [0.29, 0.717) is 0 Å². The first-order chi connectivity index (χ1) is 11.0. The number of nitrogens with zero attached hydrogens (tertiary/aromatic N) is 1. The highest BCUT2D eigenvalue weighted by molar-refractivity contribution is 5.71. The molecule has 1 aromatic rings. The summed E-state index contributed by atoms with van der Waals surface area (Å²) in [5, 5.41) is 9.68. The molecular weight excluding hydrogens is 288 g/mol. The second kappa shape index (κ2) is 6.77. The fourth-order valence-electron chi connectivity index (χ4n) is 3.16. The van der Waals surface area contributed by atoms with E-state index < -0.39 is 0 Å². The molecule has 4 nitrogen and oxygen atoms in total. The van der Waals surface area contributed by atoms with E-state index in [2.05, 4.69) is 61.5 Å². The second-order valence-corrected chi connectivity index (χ2v) is 6.72. The van der Waals surface area contributed by atoms with E-state index in [0.717, 1.165) is 37.3 Å². The maximum Gasteiger partial charge on any atom is 0.159 e. The summed E-state index contributed by atoms with van der Waals surface area (Å²) in [5.74, 6) is 0.914. The van der Waals surface area contributed by atoms with Crippen LogP contribution in [0, 0.1) is 0 Å². The minimum Gasteiger partial charge on any atom is -0.407 e. The molecule has 1 atom stereocenters. The van der Waals surface area contributed by atoms with Gasteiger partial charge in [-0.25, -0.2) is 0 Å². The molecule has 2 aliphatic rings. The summed E-state index contributed by atoms with van der Waals surface area (Å²) in [6.45, 7) is 8.12. The maximum absolute atomic E-state index is 9.68. The molecule has 1 saturated heterocycles. The van der Waals surface area contributed by atoms with Crippen LogP contribution >= 0.6 is 0 Å². The van der Waals surface area contributed by atoms with Crippen molar-refractivity contribution >= 4 is 11.4 Å². The zero-order valence-electron chi connectivity index (χ0n) is 14.2. The SMILES string of the molecule is CC(C)=CC1=C(c2cccc(N3CCC(O)CC3)c2)ONC1C. The highest BCUT2D eigenvalue weighted by Gasteiger charge is 2.24. The highest BCUT2D eigenvalue weighted by atomic mass is 16.7. The van der Waals surface area contributed by atoms with Gasteiger partial charge in [-0.1, -0.05) is 23.8 Å². The molecule has 124 valence electrons. The average Bonchev–Trinajstić information content (AvgIpc) is 2.89. The molecule has 0 aromatic heterocycles. The topological polar surface area (TPSA) is 44.7 Å². The molecule has 0 saturated carbocycles. The van der Waals surface area contributed by atoms with E-state index in [9.17, 15) is 5.11 Å². The smallest absolute Gasteiger partial charge is 0.159 e. The van der Waals surface area contributed by atoms with Crippen LogP contribution < -0.4 is 10.4 Å². The van der Waals surface area contributed by atoms with Crippen molar-refractivity contribution in [3.63, 3.8) is 0 Å². The van der Waals surface area contributed by atoms with Crippen molar-refractivity contribution in [1.29, 1.82) is 0 Å². The van der Waals surface area contributed by atoms with Gasteiger partial charge in [0.25, 0.3) is 0 Å². The Labute approximate surface area is 138 Å². The second-order valence-electron chi connectivity index (χ2n) is 6.72. The van der Waals surface area contributed by atoms with Gasteiger partial charge in [0, 0.05) is 29.9 Å². The molecule has 2 heterocycles. The number of hydrogen-bond donors (Lipinski definition) is 2. The van der Waals surface area contributed by atoms with E-state index in [1.807, 2.05) is 0 Å². The number of allylic oxidation sites excluding steroid dienone is 1. The quantitative estimate of drug-likeness (QED) is 0.899. The first-order valence-electron chi connectivity index (χ1n) is 8.39. The van der Waals surface area contributed by atoms with Crippen LogP contribution in [0.25, 0.3) is 5.76 Å². The third kappa shape index (κ3) is 3.59. The fourth-order valence-corrected chi connectivity index (χ4v) is 3.16. The van der Waals surface area contributed by atoms with Gasteiger partial charge in [0.15, 0.2) is 5.76 Å². The number of benzene rings is 1. The normalized spacial score (nSPS) is 22.3. The average molecular weight is 314 g/mol. The van der Waals surface area contributed by atoms with Crippen molar-refractivity contribution in [2.45, 2.75) is 45.8 Å². The van der Waals surface area contributed by atoms with Crippen LogP contribution in [0.4, 0.5) is 5.69 Å². The summed E-state index contributed by atoms with van der Waals surface area (Å²) in [6, 6.07) is 8.68. The largest absolute Gasteiger partial charge is 0.407 e. The van der Waals surface area contributed by atoms with Gasteiger partial charge in [0.2, 0.25) is 0 Å². The zero-order chi connectivity index (χ0) is 16.4. The van der Waals surface area contributed by atoms with Crippen LogP contribution in [0.3, 0.4) is 0 Å². The van der Waals surface area contributed by atoms with E-state index >= 15 is 0 Å². The van der Waals surface area contributed by atoms with Crippen molar-refractivity contribution in [3.05, 3.63) is 47.1 Å². The molecule has 4 heteroatoms. The molecule has 0 amide bonds. The van der Waals surface area contributed by atoms with Gasteiger partial charge >= 0.3 is 0 Å². The van der Waals surface area contributed by atoms with Crippen LogP contribution in [0.15, 0.2) is 41.5 Å². The lowest BCUT2D eigenvalue weighted by Crippen LogP contribution is -2.35. The predicted molar refractivity (Wildman–Crippen MR) is 93.9 cm³/mol. The summed E-state index contributed by atoms with van der Waals surface area (Å²) >= 11 is 0. The first-order valence-corrected chi connectivity index (χ1v) is 8.39. The van der Waals surface area contributed by atoms with E-state index in [4.69, 9.17) is 4.84 Å². The number of rotatable bonds is 3. The minimum atomic E-state index is -0.148. The molecule has 1 fully saturated rings. The zero-order valence-corrected chi connectivity index (χ0v) is 14.2. The Morgan fingerprint density at radius 1 is 1.30 bits per heavy atom. The Morgan fingerprint density at radius 3 is 2.74 bits per heavy atom. The summed E-state index contributed by atoms with van der Waals surface area (Å²) in [7, 11) is 0. The maximum atomic E-state index is 9.68. The van der Waals surface area contributed by atoms with Crippen LogP contribution in [-0.2, 0) is 4.84 Å². The third-order valence-electron chi connectivity index (χ3n) is 4.45. The summed E-state index contributed by atoms with van der Waals surface area (Å²) < 4.78 is 0. The lowest BCUT2D eigenvalue weighted by atomic mass is 10.0. The van der Waals surface area contributed by atoms with Gasteiger partial charge in [-0.3, -0.25) is 0 Å². The summed E-state index contributed by atoms with van der Waals surface area (Å²) in [5.41, 5.74) is 7.81. The van der Waals surface area contributed by atoms with Gasteiger partial charge in [-0.15, -0.1) is 5.48 Å². The molecule has 3 rings (SSSR count). The highest BCUT2D eigenvalue weighted by Crippen LogP contribution is 2.31. The Hall–Kier alpha value is -1.78. The fraction of sp³-hybridized carbons (Fsp3) is 0.474. The number of hydroxylamine groups is 1. The number of aliphatic hydroxyl groups excluding tert-OH is 1. The van der Waals surface area contributed by atoms with Crippen molar-refractivity contribution in [2.24, 2.45) is 0 Å². The molecule has 23 heavy (non-hydrogen) atoms. The Kier molecular flexibility index (Phi) is 4.74. The molecule has 0 spiro atoms.